The van der Waals surface area contributed by atoms with Crippen LogP contribution >= 0.6 is 0 Å². The third-order valence-corrected chi connectivity index (χ3v) is 7.35. The van der Waals surface area contributed by atoms with Gasteiger partial charge in [-0.3, -0.25) is 9.59 Å². The minimum Gasteiger partial charge on any atom is -0.469 e. The monoisotopic (exact) mass is 548 g/mol. The van der Waals surface area contributed by atoms with E-state index in [2.05, 4.69) is 36.0 Å². The van der Waals surface area contributed by atoms with Gasteiger partial charge in [-0.2, -0.15) is 0 Å². The Bertz CT molecular complexity index is 581. The van der Waals surface area contributed by atoms with Gasteiger partial charge in [-0.05, 0) is 51.4 Å². The van der Waals surface area contributed by atoms with Gasteiger partial charge in [0.05, 0.1) is 13.7 Å². The number of unbranched alkanes of at least 4 members (excludes halogenated alkanes) is 20. The number of hydrogen-bond acceptors (Lipinski definition) is 4. The summed E-state index contributed by atoms with van der Waals surface area (Å²) in [5.74, 6) is -0.0945. The third kappa shape index (κ3) is 32.5. The van der Waals surface area contributed by atoms with E-state index in [0.717, 1.165) is 38.5 Å². The van der Waals surface area contributed by atoms with Crippen molar-refractivity contribution >= 4 is 11.9 Å². The highest BCUT2D eigenvalue weighted by Gasteiger charge is 2.03. The molecule has 4 heteroatoms. The molecule has 0 bridgehead atoms. The van der Waals surface area contributed by atoms with Crippen LogP contribution in [-0.2, 0) is 19.1 Å². The summed E-state index contributed by atoms with van der Waals surface area (Å²) < 4.78 is 10.1. The second kappa shape index (κ2) is 32.6. The summed E-state index contributed by atoms with van der Waals surface area (Å²) in [6, 6.07) is 0. The molecule has 0 saturated carbocycles. The predicted octanol–water partition coefficient (Wildman–Crippen LogP) is 11.0. The van der Waals surface area contributed by atoms with Gasteiger partial charge in [-0.15, -0.1) is 0 Å². The zero-order chi connectivity index (χ0) is 28.5. The van der Waals surface area contributed by atoms with Crippen molar-refractivity contribution in [1.29, 1.82) is 0 Å². The number of carbonyl (C=O) groups is 2. The van der Waals surface area contributed by atoms with Crippen molar-refractivity contribution < 1.29 is 19.1 Å². The molecule has 0 saturated heterocycles. The van der Waals surface area contributed by atoms with Gasteiger partial charge in [-0.25, -0.2) is 0 Å². The number of methoxy groups -OCH3 is 1. The summed E-state index contributed by atoms with van der Waals surface area (Å²) in [5, 5.41) is 0. The van der Waals surface area contributed by atoms with E-state index in [1.807, 2.05) is 0 Å². The van der Waals surface area contributed by atoms with Crippen molar-refractivity contribution in [2.45, 2.75) is 174 Å². The normalized spacial score (nSPS) is 11.5. The first-order valence-corrected chi connectivity index (χ1v) is 16.7. The van der Waals surface area contributed by atoms with E-state index in [1.54, 1.807) is 0 Å². The molecule has 0 aromatic heterocycles. The maximum Gasteiger partial charge on any atom is 0.305 e. The molecule has 0 aromatic carbocycles. The number of allylic oxidation sites excluding steroid dienone is 4. The van der Waals surface area contributed by atoms with Crippen LogP contribution in [0.3, 0.4) is 0 Å². The molecule has 0 aliphatic carbocycles. The molecular formula is C35H64O4. The molecule has 0 spiro atoms. The average molecular weight is 549 g/mol. The Kier molecular flexibility index (Phi) is 31.3. The molecular weight excluding hydrogens is 484 g/mol. The van der Waals surface area contributed by atoms with Crippen LogP contribution in [0.15, 0.2) is 24.3 Å². The van der Waals surface area contributed by atoms with Crippen LogP contribution in [0.4, 0.5) is 0 Å². The van der Waals surface area contributed by atoms with Crippen LogP contribution in [0.5, 0.6) is 0 Å². The van der Waals surface area contributed by atoms with Crippen molar-refractivity contribution in [3.8, 4) is 0 Å². The molecule has 0 aliphatic rings. The summed E-state index contributed by atoms with van der Waals surface area (Å²) in [7, 11) is 1.46. The lowest BCUT2D eigenvalue weighted by Crippen LogP contribution is -2.05. The molecule has 0 aliphatic heterocycles. The highest BCUT2D eigenvalue weighted by atomic mass is 16.5. The summed E-state index contributed by atoms with van der Waals surface area (Å²) in [6.45, 7) is 2.84. The Morgan fingerprint density at radius 2 is 0.897 bits per heavy atom. The van der Waals surface area contributed by atoms with E-state index >= 15 is 0 Å². The number of esters is 2. The lowest BCUT2D eigenvalue weighted by molar-refractivity contribution is -0.144. The van der Waals surface area contributed by atoms with Gasteiger partial charge in [0.2, 0.25) is 0 Å². The van der Waals surface area contributed by atoms with E-state index in [-0.39, 0.29) is 11.9 Å². The molecule has 39 heavy (non-hydrogen) atoms. The Labute approximate surface area is 242 Å². The van der Waals surface area contributed by atoms with Crippen LogP contribution in [0.25, 0.3) is 0 Å². The first-order chi connectivity index (χ1) is 19.2. The fourth-order valence-electron chi connectivity index (χ4n) is 4.76. The molecule has 228 valence electrons. The van der Waals surface area contributed by atoms with E-state index in [1.165, 1.54) is 123 Å². The van der Waals surface area contributed by atoms with Crippen molar-refractivity contribution in [1.82, 2.24) is 0 Å². The van der Waals surface area contributed by atoms with Gasteiger partial charge in [0.1, 0.15) is 0 Å². The first-order valence-electron chi connectivity index (χ1n) is 16.7. The lowest BCUT2D eigenvalue weighted by Gasteiger charge is -2.05. The minimum atomic E-state index is -0.0844. The topological polar surface area (TPSA) is 52.6 Å². The molecule has 0 atom stereocenters. The van der Waals surface area contributed by atoms with Crippen molar-refractivity contribution in [2.24, 2.45) is 0 Å². The van der Waals surface area contributed by atoms with Gasteiger partial charge in [0, 0.05) is 12.8 Å². The SMILES string of the molecule is CCCCCC=CCC=CCCCCCCCC(=O)OCCCCCCCCCCCCCCCC(=O)OC. The number of ether oxygens (including phenoxy) is 2. The summed E-state index contributed by atoms with van der Waals surface area (Å²) >= 11 is 0. The highest BCUT2D eigenvalue weighted by Crippen LogP contribution is 2.13. The quantitative estimate of drug-likeness (QED) is 0.0509. The van der Waals surface area contributed by atoms with Crippen molar-refractivity contribution in [3.05, 3.63) is 24.3 Å². The minimum absolute atomic E-state index is 0.0100. The van der Waals surface area contributed by atoms with E-state index in [9.17, 15) is 9.59 Å². The molecule has 0 heterocycles. The molecule has 4 nitrogen and oxygen atoms in total. The van der Waals surface area contributed by atoms with E-state index in [0.29, 0.717) is 19.4 Å². The molecule has 0 amide bonds. The van der Waals surface area contributed by atoms with E-state index in [4.69, 9.17) is 4.74 Å². The van der Waals surface area contributed by atoms with Crippen LogP contribution < -0.4 is 0 Å². The van der Waals surface area contributed by atoms with Crippen LogP contribution in [0.1, 0.15) is 174 Å². The average Bonchev–Trinajstić information content (AvgIpc) is 2.94. The molecule has 0 unspecified atom stereocenters. The predicted molar refractivity (Wildman–Crippen MR) is 167 cm³/mol. The summed E-state index contributed by atoms with van der Waals surface area (Å²) in [6.07, 6.45) is 39.6. The maximum absolute atomic E-state index is 11.9. The highest BCUT2D eigenvalue weighted by molar-refractivity contribution is 5.69. The second-order valence-corrected chi connectivity index (χ2v) is 11.1. The smallest absolute Gasteiger partial charge is 0.305 e. The summed E-state index contributed by atoms with van der Waals surface area (Å²) in [4.78, 5) is 22.9. The van der Waals surface area contributed by atoms with Crippen LogP contribution in [-0.4, -0.2) is 25.7 Å². The zero-order valence-electron chi connectivity index (χ0n) is 26.0. The molecule has 0 rings (SSSR count). The fraction of sp³-hybridized carbons (Fsp3) is 0.829. The number of carbonyl (C=O) groups excluding carboxylic acids is 2. The Balaban J connectivity index is 3.23. The largest absolute Gasteiger partial charge is 0.469 e. The zero-order valence-corrected chi connectivity index (χ0v) is 26.0. The van der Waals surface area contributed by atoms with Crippen molar-refractivity contribution in [3.63, 3.8) is 0 Å². The van der Waals surface area contributed by atoms with Crippen molar-refractivity contribution in [2.75, 3.05) is 13.7 Å². The van der Waals surface area contributed by atoms with Gasteiger partial charge >= 0.3 is 11.9 Å². The standard InChI is InChI=1S/C35H64O4/c1-3-4-5-6-7-8-9-10-11-13-17-20-23-26-29-32-35(37)39-33-30-27-24-21-18-15-12-14-16-19-22-25-28-31-34(36)38-2/h7-8,10-11H,3-6,9,12-33H2,1-2H3. The molecule has 0 N–H and O–H groups in total. The Hall–Kier alpha value is -1.58. The second-order valence-electron chi connectivity index (χ2n) is 11.1. The lowest BCUT2D eigenvalue weighted by atomic mass is 10.0. The molecule has 0 fully saturated rings. The van der Waals surface area contributed by atoms with Gasteiger partial charge in [-0.1, -0.05) is 134 Å². The molecule has 0 radical (unpaired) electrons. The number of hydrogen-bond donors (Lipinski definition) is 0. The van der Waals surface area contributed by atoms with Gasteiger partial charge in [0.25, 0.3) is 0 Å². The third-order valence-electron chi connectivity index (χ3n) is 7.35. The van der Waals surface area contributed by atoms with Gasteiger partial charge in [0.15, 0.2) is 0 Å². The fourth-order valence-corrected chi connectivity index (χ4v) is 4.76. The van der Waals surface area contributed by atoms with Gasteiger partial charge < -0.3 is 9.47 Å². The first kappa shape index (κ1) is 37.4. The van der Waals surface area contributed by atoms with Crippen LogP contribution in [0.2, 0.25) is 0 Å². The molecule has 0 aromatic rings. The van der Waals surface area contributed by atoms with Crippen LogP contribution in [0, 0.1) is 0 Å². The summed E-state index contributed by atoms with van der Waals surface area (Å²) in [5.41, 5.74) is 0. The number of rotatable bonds is 30. The van der Waals surface area contributed by atoms with E-state index < -0.39 is 0 Å². The Morgan fingerprint density at radius 1 is 0.487 bits per heavy atom. The maximum atomic E-state index is 11.9. The Morgan fingerprint density at radius 3 is 1.38 bits per heavy atom.